The largest absolute Gasteiger partial charge is 0.404 e. The number of unbranched alkanes of at least 4 members (excludes halogenated alkanes) is 1. The maximum absolute atomic E-state index is 10.8. The molecule has 0 aromatic carbocycles. The van der Waals surface area contributed by atoms with E-state index in [1.807, 2.05) is 18.1 Å². The van der Waals surface area contributed by atoms with Gasteiger partial charge in [-0.05, 0) is 12.5 Å². The van der Waals surface area contributed by atoms with Gasteiger partial charge in [0.15, 0.2) is 5.82 Å². The molecule has 2 heterocycles. The first-order chi connectivity index (χ1) is 8.72. The lowest BCUT2D eigenvalue weighted by Gasteiger charge is -2.34. The van der Waals surface area contributed by atoms with Gasteiger partial charge in [0.2, 0.25) is 5.82 Å². The van der Waals surface area contributed by atoms with Crippen LogP contribution in [0.3, 0.4) is 0 Å². The first-order valence-corrected chi connectivity index (χ1v) is 5.98. The Morgan fingerprint density at radius 3 is 2.67 bits per heavy atom. The number of carbonyl (C=O) groups excluding carboxylic acids is 1. The second kappa shape index (κ2) is 5.52. The molecule has 2 amide bonds. The minimum atomic E-state index is -0.659. The molecule has 96 valence electrons. The van der Waals surface area contributed by atoms with Gasteiger partial charge in [-0.25, -0.2) is 4.79 Å². The van der Waals surface area contributed by atoms with Crippen molar-refractivity contribution in [2.75, 3.05) is 20.1 Å². The van der Waals surface area contributed by atoms with E-state index >= 15 is 0 Å². The SMILES string of the molecule is CCCCN1CC=CN(C)C1=C1N=NC(=O)N=N1. The molecule has 0 aromatic rings. The minimum Gasteiger partial charge on any atom is -0.351 e. The van der Waals surface area contributed by atoms with E-state index in [0.29, 0.717) is 5.82 Å². The van der Waals surface area contributed by atoms with E-state index in [-0.39, 0.29) is 0 Å². The Morgan fingerprint density at radius 2 is 2.00 bits per heavy atom. The number of azo groups is 2. The smallest absolute Gasteiger partial charge is 0.351 e. The molecule has 0 unspecified atom stereocenters. The molecule has 0 N–H and O–H groups in total. The van der Waals surface area contributed by atoms with Crippen LogP contribution in [0.25, 0.3) is 0 Å². The molecule has 0 saturated carbocycles. The predicted molar refractivity (Wildman–Crippen MR) is 65.5 cm³/mol. The molecule has 0 aliphatic carbocycles. The van der Waals surface area contributed by atoms with Crippen LogP contribution >= 0.6 is 0 Å². The fourth-order valence-electron chi connectivity index (χ4n) is 1.87. The summed E-state index contributed by atoms with van der Waals surface area (Å²) in [6, 6.07) is -0.659. The molecular formula is C11H16N6O. The zero-order valence-electron chi connectivity index (χ0n) is 10.6. The predicted octanol–water partition coefficient (Wildman–Crippen LogP) is 2.71. The van der Waals surface area contributed by atoms with Crippen molar-refractivity contribution in [2.45, 2.75) is 19.8 Å². The Morgan fingerprint density at radius 1 is 1.28 bits per heavy atom. The summed E-state index contributed by atoms with van der Waals surface area (Å²) in [6.07, 6.45) is 6.23. The Bertz CT molecular complexity index is 432. The van der Waals surface area contributed by atoms with E-state index in [0.717, 1.165) is 31.8 Å². The van der Waals surface area contributed by atoms with Crippen molar-refractivity contribution in [1.29, 1.82) is 0 Å². The molecule has 2 aliphatic rings. The summed E-state index contributed by atoms with van der Waals surface area (Å²) >= 11 is 0. The number of nitrogens with zero attached hydrogens (tertiary/aromatic N) is 6. The second-order valence-electron chi connectivity index (χ2n) is 4.13. The lowest BCUT2D eigenvalue weighted by molar-refractivity contribution is 0.250. The van der Waals surface area contributed by atoms with E-state index in [1.54, 1.807) is 0 Å². The average molecular weight is 248 g/mol. The van der Waals surface area contributed by atoms with Crippen LogP contribution in [0, 0.1) is 0 Å². The first kappa shape index (κ1) is 12.4. The van der Waals surface area contributed by atoms with Crippen molar-refractivity contribution in [1.82, 2.24) is 9.80 Å². The minimum absolute atomic E-state index is 0.387. The Kier molecular flexibility index (Phi) is 3.81. The van der Waals surface area contributed by atoms with Gasteiger partial charge in [0.1, 0.15) is 0 Å². The Labute approximate surface area is 106 Å². The van der Waals surface area contributed by atoms with E-state index in [2.05, 4.69) is 38.4 Å². The van der Waals surface area contributed by atoms with E-state index in [4.69, 9.17) is 0 Å². The zero-order chi connectivity index (χ0) is 13.0. The summed E-state index contributed by atoms with van der Waals surface area (Å²) in [4.78, 5) is 14.9. The number of hydrogen-bond acceptors (Lipinski definition) is 5. The zero-order valence-corrected chi connectivity index (χ0v) is 10.6. The lowest BCUT2D eigenvalue weighted by atomic mass is 10.3. The molecular weight excluding hydrogens is 232 g/mol. The highest BCUT2D eigenvalue weighted by atomic mass is 16.2. The molecule has 0 fully saturated rings. The average Bonchev–Trinajstić information content (AvgIpc) is 2.38. The van der Waals surface area contributed by atoms with Gasteiger partial charge < -0.3 is 9.80 Å². The highest BCUT2D eigenvalue weighted by Crippen LogP contribution is 2.23. The third-order valence-electron chi connectivity index (χ3n) is 2.73. The number of carbonyl (C=O) groups is 1. The standard InChI is InChI=1S/C11H16N6O/c1-3-4-7-17-8-5-6-16(2)10(17)9-12-14-11(18)15-13-9/h5-6H,3-4,7-8H2,1-2H3. The van der Waals surface area contributed by atoms with E-state index in [1.165, 1.54) is 0 Å². The maximum atomic E-state index is 10.8. The molecule has 0 saturated heterocycles. The number of urea groups is 1. The number of amides is 2. The quantitative estimate of drug-likeness (QED) is 0.770. The molecule has 7 heteroatoms. The molecule has 0 bridgehead atoms. The highest BCUT2D eigenvalue weighted by Gasteiger charge is 2.22. The van der Waals surface area contributed by atoms with Crippen molar-refractivity contribution < 1.29 is 4.79 Å². The normalized spacial score (nSPS) is 19.1. The lowest BCUT2D eigenvalue weighted by Crippen LogP contribution is -2.36. The molecule has 18 heavy (non-hydrogen) atoms. The molecule has 0 atom stereocenters. The van der Waals surface area contributed by atoms with E-state index < -0.39 is 6.03 Å². The summed E-state index contributed by atoms with van der Waals surface area (Å²) in [7, 11) is 1.92. The van der Waals surface area contributed by atoms with Gasteiger partial charge in [0.25, 0.3) is 0 Å². The molecule has 0 aromatic heterocycles. The van der Waals surface area contributed by atoms with Crippen molar-refractivity contribution in [2.24, 2.45) is 20.5 Å². The van der Waals surface area contributed by atoms with Gasteiger partial charge in [0, 0.05) is 26.3 Å². The molecule has 2 rings (SSSR count). The van der Waals surface area contributed by atoms with Gasteiger partial charge in [0.05, 0.1) is 0 Å². The van der Waals surface area contributed by atoms with Crippen LogP contribution in [0.5, 0.6) is 0 Å². The maximum Gasteiger partial charge on any atom is 0.404 e. The van der Waals surface area contributed by atoms with Gasteiger partial charge >= 0.3 is 6.03 Å². The number of hydrogen-bond donors (Lipinski definition) is 0. The van der Waals surface area contributed by atoms with Gasteiger partial charge in [-0.1, -0.05) is 23.6 Å². The topological polar surface area (TPSA) is 73.0 Å². The van der Waals surface area contributed by atoms with Crippen molar-refractivity contribution in [3.63, 3.8) is 0 Å². The van der Waals surface area contributed by atoms with E-state index in [9.17, 15) is 4.79 Å². The van der Waals surface area contributed by atoms with Crippen molar-refractivity contribution >= 4 is 6.03 Å². The fraction of sp³-hybridized carbons (Fsp3) is 0.545. The summed E-state index contributed by atoms with van der Waals surface area (Å²) in [5.41, 5.74) is 0. The Hall–Kier alpha value is -2.05. The van der Waals surface area contributed by atoms with Crippen molar-refractivity contribution in [3.8, 4) is 0 Å². The van der Waals surface area contributed by atoms with Gasteiger partial charge in [-0.3, -0.25) is 0 Å². The molecule has 0 spiro atoms. The number of rotatable bonds is 3. The van der Waals surface area contributed by atoms with Crippen LogP contribution in [0.2, 0.25) is 0 Å². The summed E-state index contributed by atoms with van der Waals surface area (Å²) in [5.74, 6) is 1.23. The van der Waals surface area contributed by atoms with Crippen LogP contribution in [0.15, 0.2) is 44.4 Å². The second-order valence-corrected chi connectivity index (χ2v) is 4.13. The molecule has 7 nitrogen and oxygen atoms in total. The summed E-state index contributed by atoms with van der Waals surface area (Å²) in [6.45, 7) is 3.88. The van der Waals surface area contributed by atoms with Crippen LogP contribution in [0.1, 0.15) is 19.8 Å². The Balaban J connectivity index is 2.28. The van der Waals surface area contributed by atoms with Crippen LogP contribution < -0.4 is 0 Å². The molecule has 2 aliphatic heterocycles. The third kappa shape index (κ3) is 2.61. The highest BCUT2D eigenvalue weighted by molar-refractivity contribution is 5.75. The van der Waals surface area contributed by atoms with Crippen LogP contribution in [0.4, 0.5) is 4.79 Å². The van der Waals surface area contributed by atoms with Crippen molar-refractivity contribution in [3.05, 3.63) is 23.9 Å². The summed E-state index contributed by atoms with van der Waals surface area (Å²) in [5, 5.41) is 14.5. The van der Waals surface area contributed by atoms with Gasteiger partial charge in [-0.2, -0.15) is 0 Å². The summed E-state index contributed by atoms with van der Waals surface area (Å²) < 4.78 is 0. The fourth-order valence-corrected chi connectivity index (χ4v) is 1.87. The molecule has 0 radical (unpaired) electrons. The third-order valence-corrected chi connectivity index (χ3v) is 2.73. The van der Waals surface area contributed by atoms with Crippen LogP contribution in [-0.4, -0.2) is 36.0 Å². The monoisotopic (exact) mass is 248 g/mol. The van der Waals surface area contributed by atoms with Gasteiger partial charge in [-0.15, -0.1) is 10.2 Å². The first-order valence-electron chi connectivity index (χ1n) is 5.98. The van der Waals surface area contributed by atoms with Crippen LogP contribution in [-0.2, 0) is 0 Å².